The number of unbranched alkanes of at least 4 members (excludes halogenated alkanes) is 2. The molecule has 52 valence electrons. The smallest absolute Gasteiger partial charge is 0.260 e. The Kier molecular flexibility index (Phi) is 7.84. The van der Waals surface area contributed by atoms with Crippen molar-refractivity contribution in [3.63, 3.8) is 0 Å². The SMILES string of the molecule is C=C[Si]OCCCCC. The maximum Gasteiger partial charge on any atom is 0.260 e. The van der Waals surface area contributed by atoms with Crippen LogP contribution in [0.25, 0.3) is 0 Å². The lowest BCUT2D eigenvalue weighted by Gasteiger charge is -1.96. The quantitative estimate of drug-likeness (QED) is 0.407. The zero-order valence-corrected chi connectivity index (χ0v) is 7.02. The molecule has 2 radical (unpaired) electrons. The van der Waals surface area contributed by atoms with Gasteiger partial charge in [-0.25, -0.2) is 0 Å². The Hall–Kier alpha value is -0.0831. The van der Waals surface area contributed by atoms with Gasteiger partial charge in [0.1, 0.15) is 0 Å². The summed E-state index contributed by atoms with van der Waals surface area (Å²) in [6.07, 6.45) is 3.74. The van der Waals surface area contributed by atoms with E-state index in [1.165, 1.54) is 19.3 Å². The molecule has 0 bridgehead atoms. The minimum atomic E-state index is 0.490. The van der Waals surface area contributed by atoms with Gasteiger partial charge in [-0.3, -0.25) is 0 Å². The third kappa shape index (κ3) is 7.92. The van der Waals surface area contributed by atoms with Crippen molar-refractivity contribution < 1.29 is 4.43 Å². The Balaban J connectivity index is 2.66. The largest absolute Gasteiger partial charge is 0.412 e. The van der Waals surface area contributed by atoms with Crippen LogP contribution in [0.4, 0.5) is 0 Å². The van der Waals surface area contributed by atoms with Gasteiger partial charge < -0.3 is 4.43 Å². The molecule has 0 rings (SSSR count). The topological polar surface area (TPSA) is 9.23 Å². The van der Waals surface area contributed by atoms with E-state index >= 15 is 0 Å². The molecule has 0 amide bonds. The highest BCUT2D eigenvalue weighted by atomic mass is 28.2. The Labute approximate surface area is 60.1 Å². The van der Waals surface area contributed by atoms with Crippen molar-refractivity contribution in [2.45, 2.75) is 26.2 Å². The fourth-order valence-electron chi connectivity index (χ4n) is 0.542. The second-order valence-corrected chi connectivity index (χ2v) is 2.81. The lowest BCUT2D eigenvalue weighted by Crippen LogP contribution is -1.96. The molecule has 0 saturated heterocycles. The Morgan fingerprint density at radius 2 is 2.33 bits per heavy atom. The average molecular weight is 142 g/mol. The molecular weight excluding hydrogens is 128 g/mol. The average Bonchev–Trinajstić information content (AvgIpc) is 1.89. The van der Waals surface area contributed by atoms with Gasteiger partial charge in [0.25, 0.3) is 9.76 Å². The van der Waals surface area contributed by atoms with Crippen molar-refractivity contribution in [2.24, 2.45) is 0 Å². The van der Waals surface area contributed by atoms with Crippen molar-refractivity contribution in [3.05, 3.63) is 12.3 Å². The Bertz CT molecular complexity index is 63.9. The van der Waals surface area contributed by atoms with Gasteiger partial charge in [0.15, 0.2) is 0 Å². The summed E-state index contributed by atoms with van der Waals surface area (Å²) >= 11 is 0. The third-order valence-corrected chi connectivity index (χ3v) is 1.55. The fourth-order valence-corrected chi connectivity index (χ4v) is 0.922. The molecule has 9 heavy (non-hydrogen) atoms. The van der Waals surface area contributed by atoms with E-state index in [-0.39, 0.29) is 0 Å². The summed E-state index contributed by atoms with van der Waals surface area (Å²) in [4.78, 5) is 0. The standard InChI is InChI=1S/C7H14OSi/c1-3-5-6-7-8-9-4-2/h4H,2-3,5-7H2,1H3. The monoisotopic (exact) mass is 142 g/mol. The third-order valence-electron chi connectivity index (χ3n) is 1.02. The van der Waals surface area contributed by atoms with Gasteiger partial charge >= 0.3 is 0 Å². The van der Waals surface area contributed by atoms with E-state index in [4.69, 9.17) is 4.43 Å². The summed E-state index contributed by atoms with van der Waals surface area (Å²) in [5.41, 5.74) is 1.81. The van der Waals surface area contributed by atoms with Gasteiger partial charge in [0, 0.05) is 6.61 Å². The maximum absolute atomic E-state index is 5.19. The number of rotatable bonds is 6. The summed E-state index contributed by atoms with van der Waals surface area (Å²) in [5, 5.41) is 0. The first kappa shape index (κ1) is 8.92. The minimum Gasteiger partial charge on any atom is -0.412 e. The minimum absolute atomic E-state index is 0.490. The van der Waals surface area contributed by atoms with Gasteiger partial charge in [0.05, 0.1) is 0 Å². The molecule has 0 saturated carbocycles. The molecule has 0 spiro atoms. The van der Waals surface area contributed by atoms with Crippen molar-refractivity contribution in [1.82, 2.24) is 0 Å². The van der Waals surface area contributed by atoms with Crippen LogP contribution in [0.5, 0.6) is 0 Å². The van der Waals surface area contributed by atoms with Crippen LogP contribution in [-0.2, 0) is 4.43 Å². The highest BCUT2D eigenvalue weighted by molar-refractivity contribution is 6.33. The number of hydrogen-bond acceptors (Lipinski definition) is 1. The van der Waals surface area contributed by atoms with Crippen LogP contribution in [0.1, 0.15) is 26.2 Å². The van der Waals surface area contributed by atoms with E-state index in [1.807, 2.05) is 5.70 Å². The molecule has 0 aliphatic carbocycles. The van der Waals surface area contributed by atoms with E-state index in [0.29, 0.717) is 9.76 Å². The molecule has 0 fully saturated rings. The molecule has 0 aromatic rings. The first-order valence-corrected chi connectivity index (χ1v) is 4.38. The normalized spacial score (nSPS) is 9.44. The van der Waals surface area contributed by atoms with Crippen LogP contribution in [0, 0.1) is 0 Å². The lowest BCUT2D eigenvalue weighted by atomic mass is 10.3. The molecule has 0 heterocycles. The summed E-state index contributed by atoms with van der Waals surface area (Å²) in [7, 11) is 0.490. The molecule has 0 aliphatic rings. The van der Waals surface area contributed by atoms with Gasteiger partial charge in [-0.1, -0.05) is 25.5 Å². The van der Waals surface area contributed by atoms with E-state index in [0.717, 1.165) is 6.61 Å². The molecule has 0 aliphatic heterocycles. The van der Waals surface area contributed by atoms with Crippen molar-refractivity contribution in [3.8, 4) is 0 Å². The van der Waals surface area contributed by atoms with Gasteiger partial charge in [-0.05, 0) is 6.42 Å². The zero-order chi connectivity index (χ0) is 6.95. The number of hydrogen-bond donors (Lipinski definition) is 0. The molecule has 0 atom stereocenters. The fraction of sp³-hybridized carbons (Fsp3) is 0.714. The van der Waals surface area contributed by atoms with Gasteiger partial charge in [-0.2, -0.15) is 0 Å². The molecular formula is C7H14OSi. The molecule has 2 heteroatoms. The molecule has 0 aromatic heterocycles. The summed E-state index contributed by atoms with van der Waals surface area (Å²) < 4.78 is 5.19. The molecule has 0 aromatic carbocycles. The summed E-state index contributed by atoms with van der Waals surface area (Å²) in [6.45, 7) is 6.66. The van der Waals surface area contributed by atoms with Gasteiger partial charge in [-0.15, -0.1) is 6.58 Å². The zero-order valence-electron chi connectivity index (χ0n) is 6.02. The van der Waals surface area contributed by atoms with Crippen LogP contribution < -0.4 is 0 Å². The highest BCUT2D eigenvalue weighted by Gasteiger charge is 1.84. The van der Waals surface area contributed by atoms with Crippen LogP contribution in [0.3, 0.4) is 0 Å². The summed E-state index contributed by atoms with van der Waals surface area (Å²) in [6, 6.07) is 0. The van der Waals surface area contributed by atoms with Gasteiger partial charge in [0.2, 0.25) is 0 Å². The Morgan fingerprint density at radius 3 is 2.89 bits per heavy atom. The summed E-state index contributed by atoms with van der Waals surface area (Å²) in [5.74, 6) is 0. The van der Waals surface area contributed by atoms with E-state index in [9.17, 15) is 0 Å². The lowest BCUT2D eigenvalue weighted by molar-refractivity contribution is 0.328. The predicted octanol–water partition coefficient (Wildman–Crippen LogP) is 1.96. The first-order valence-electron chi connectivity index (χ1n) is 3.40. The van der Waals surface area contributed by atoms with Crippen LogP contribution >= 0.6 is 0 Å². The molecule has 1 nitrogen and oxygen atoms in total. The van der Waals surface area contributed by atoms with Crippen molar-refractivity contribution in [2.75, 3.05) is 6.61 Å². The van der Waals surface area contributed by atoms with E-state index in [1.54, 1.807) is 0 Å². The second kappa shape index (κ2) is 7.92. The van der Waals surface area contributed by atoms with Crippen molar-refractivity contribution in [1.29, 1.82) is 0 Å². The molecule has 0 unspecified atom stereocenters. The van der Waals surface area contributed by atoms with Crippen LogP contribution in [-0.4, -0.2) is 16.4 Å². The molecule has 0 N–H and O–H groups in total. The first-order chi connectivity index (χ1) is 4.41. The van der Waals surface area contributed by atoms with Crippen LogP contribution in [0.15, 0.2) is 12.3 Å². The van der Waals surface area contributed by atoms with Crippen molar-refractivity contribution >= 4 is 9.76 Å². The van der Waals surface area contributed by atoms with Crippen LogP contribution in [0.2, 0.25) is 0 Å². The van der Waals surface area contributed by atoms with E-state index < -0.39 is 0 Å². The maximum atomic E-state index is 5.19. The predicted molar refractivity (Wildman–Crippen MR) is 41.4 cm³/mol. The highest BCUT2D eigenvalue weighted by Crippen LogP contribution is 1.92. The second-order valence-electron chi connectivity index (χ2n) is 1.88. The van der Waals surface area contributed by atoms with E-state index in [2.05, 4.69) is 13.5 Å². The Morgan fingerprint density at radius 1 is 1.56 bits per heavy atom.